The number of piperidine rings is 1. The molecule has 1 unspecified atom stereocenters. The summed E-state index contributed by atoms with van der Waals surface area (Å²) in [4.78, 5) is 14.2. The standard InChI is InChI=1S/C21H34N2O3/c1-5-25-20-13-18(14-22-17(4)16(2)3)9-10-19(20)26-15-21(24)23-11-7-6-8-12-23/h9-10,13,16-17,22H,5-8,11-12,14-15H2,1-4H3. The molecular weight excluding hydrogens is 328 g/mol. The van der Waals surface area contributed by atoms with Gasteiger partial charge in [-0.2, -0.15) is 0 Å². The van der Waals surface area contributed by atoms with Crippen LogP contribution in [0.2, 0.25) is 0 Å². The molecule has 5 nitrogen and oxygen atoms in total. The number of hydrogen-bond donors (Lipinski definition) is 1. The molecule has 1 aromatic carbocycles. The van der Waals surface area contributed by atoms with E-state index >= 15 is 0 Å². The smallest absolute Gasteiger partial charge is 0.260 e. The lowest BCUT2D eigenvalue weighted by atomic mass is 10.1. The van der Waals surface area contributed by atoms with E-state index in [1.54, 1.807) is 0 Å². The van der Waals surface area contributed by atoms with Crippen molar-refractivity contribution < 1.29 is 14.3 Å². The highest BCUT2D eigenvalue weighted by molar-refractivity contribution is 5.78. The van der Waals surface area contributed by atoms with Crippen LogP contribution in [0.25, 0.3) is 0 Å². The second-order valence-corrected chi connectivity index (χ2v) is 7.36. The minimum absolute atomic E-state index is 0.0589. The number of ether oxygens (including phenoxy) is 2. The number of nitrogens with one attached hydrogen (secondary N) is 1. The van der Waals surface area contributed by atoms with Gasteiger partial charge in [0.25, 0.3) is 5.91 Å². The van der Waals surface area contributed by atoms with Gasteiger partial charge in [0.2, 0.25) is 0 Å². The van der Waals surface area contributed by atoms with Crippen LogP contribution in [0.5, 0.6) is 11.5 Å². The highest BCUT2D eigenvalue weighted by Crippen LogP contribution is 2.29. The number of benzene rings is 1. The largest absolute Gasteiger partial charge is 0.490 e. The van der Waals surface area contributed by atoms with Gasteiger partial charge >= 0.3 is 0 Å². The quantitative estimate of drug-likeness (QED) is 0.729. The van der Waals surface area contributed by atoms with Gasteiger partial charge in [-0.05, 0) is 56.7 Å². The van der Waals surface area contributed by atoms with Crippen LogP contribution < -0.4 is 14.8 Å². The molecule has 26 heavy (non-hydrogen) atoms. The Morgan fingerprint density at radius 1 is 1.12 bits per heavy atom. The van der Waals surface area contributed by atoms with Crippen molar-refractivity contribution in [1.29, 1.82) is 0 Å². The average molecular weight is 363 g/mol. The van der Waals surface area contributed by atoms with Gasteiger partial charge in [0, 0.05) is 25.7 Å². The number of carbonyl (C=O) groups excluding carboxylic acids is 1. The molecule has 1 aliphatic rings. The van der Waals surface area contributed by atoms with Crippen LogP contribution in [0.3, 0.4) is 0 Å². The van der Waals surface area contributed by atoms with Crippen LogP contribution in [0.15, 0.2) is 18.2 Å². The second kappa shape index (κ2) is 10.4. The summed E-state index contributed by atoms with van der Waals surface area (Å²) in [6.45, 7) is 11.7. The minimum atomic E-state index is 0.0589. The normalized spacial score (nSPS) is 15.8. The number of nitrogens with zero attached hydrogens (tertiary/aromatic N) is 1. The highest BCUT2D eigenvalue weighted by Gasteiger charge is 2.18. The lowest BCUT2D eigenvalue weighted by Gasteiger charge is -2.26. The maximum Gasteiger partial charge on any atom is 0.260 e. The topological polar surface area (TPSA) is 50.8 Å². The zero-order chi connectivity index (χ0) is 18.9. The zero-order valence-electron chi connectivity index (χ0n) is 16.7. The molecule has 5 heteroatoms. The van der Waals surface area contributed by atoms with Gasteiger partial charge in [0.1, 0.15) is 0 Å². The molecule has 0 saturated carbocycles. The molecule has 0 bridgehead atoms. The van der Waals surface area contributed by atoms with Crippen molar-refractivity contribution >= 4 is 5.91 Å². The molecule has 0 aromatic heterocycles. The van der Waals surface area contributed by atoms with Crippen molar-refractivity contribution in [2.24, 2.45) is 5.92 Å². The molecular formula is C21H34N2O3. The highest BCUT2D eigenvalue weighted by atomic mass is 16.5. The molecule has 1 heterocycles. The fraction of sp³-hybridized carbons (Fsp3) is 0.667. The number of rotatable bonds is 9. The molecule has 1 amide bonds. The van der Waals surface area contributed by atoms with E-state index in [-0.39, 0.29) is 12.5 Å². The molecule has 1 fully saturated rings. The van der Waals surface area contributed by atoms with Crippen LogP contribution >= 0.6 is 0 Å². The van der Waals surface area contributed by atoms with Crippen molar-refractivity contribution in [2.45, 2.75) is 59.5 Å². The zero-order valence-corrected chi connectivity index (χ0v) is 16.7. The lowest BCUT2D eigenvalue weighted by molar-refractivity contribution is -0.134. The monoisotopic (exact) mass is 362 g/mol. The summed E-state index contributed by atoms with van der Waals surface area (Å²) in [5, 5.41) is 3.52. The van der Waals surface area contributed by atoms with Gasteiger partial charge in [0.15, 0.2) is 18.1 Å². The lowest BCUT2D eigenvalue weighted by Crippen LogP contribution is -2.38. The number of hydrogen-bond acceptors (Lipinski definition) is 4. The van der Waals surface area contributed by atoms with E-state index in [1.165, 1.54) is 6.42 Å². The Morgan fingerprint density at radius 2 is 1.85 bits per heavy atom. The fourth-order valence-electron chi connectivity index (χ4n) is 2.94. The van der Waals surface area contributed by atoms with E-state index in [0.717, 1.165) is 38.0 Å². The van der Waals surface area contributed by atoms with E-state index in [9.17, 15) is 4.79 Å². The molecule has 0 radical (unpaired) electrons. The first-order chi connectivity index (χ1) is 12.5. The molecule has 1 aliphatic heterocycles. The third-order valence-electron chi connectivity index (χ3n) is 5.00. The average Bonchev–Trinajstić information content (AvgIpc) is 2.65. The summed E-state index contributed by atoms with van der Waals surface area (Å²) in [5.74, 6) is 1.99. The molecule has 1 saturated heterocycles. The van der Waals surface area contributed by atoms with Crippen molar-refractivity contribution in [1.82, 2.24) is 10.2 Å². The Labute approximate surface area is 158 Å². The van der Waals surface area contributed by atoms with E-state index in [0.29, 0.717) is 30.1 Å². The maximum atomic E-state index is 12.3. The van der Waals surface area contributed by atoms with Crippen LogP contribution in [0.4, 0.5) is 0 Å². The van der Waals surface area contributed by atoms with Crippen molar-refractivity contribution in [3.8, 4) is 11.5 Å². The number of carbonyl (C=O) groups is 1. The van der Waals surface area contributed by atoms with E-state index in [1.807, 2.05) is 30.0 Å². The van der Waals surface area contributed by atoms with Gasteiger partial charge in [-0.25, -0.2) is 0 Å². The van der Waals surface area contributed by atoms with E-state index in [4.69, 9.17) is 9.47 Å². The third kappa shape index (κ3) is 6.20. The van der Waals surface area contributed by atoms with Crippen LogP contribution in [0.1, 0.15) is 52.5 Å². The Balaban J connectivity index is 1.95. The summed E-state index contributed by atoms with van der Waals surface area (Å²) < 4.78 is 11.5. The van der Waals surface area contributed by atoms with Crippen molar-refractivity contribution in [3.05, 3.63) is 23.8 Å². The van der Waals surface area contributed by atoms with Gasteiger partial charge < -0.3 is 19.7 Å². The van der Waals surface area contributed by atoms with E-state index < -0.39 is 0 Å². The maximum absolute atomic E-state index is 12.3. The Morgan fingerprint density at radius 3 is 2.50 bits per heavy atom. The van der Waals surface area contributed by atoms with Crippen LogP contribution in [-0.2, 0) is 11.3 Å². The SMILES string of the molecule is CCOc1cc(CNC(C)C(C)C)ccc1OCC(=O)N1CCCCC1. The summed E-state index contributed by atoms with van der Waals surface area (Å²) >= 11 is 0. The van der Waals surface area contributed by atoms with Crippen molar-refractivity contribution in [2.75, 3.05) is 26.3 Å². The second-order valence-electron chi connectivity index (χ2n) is 7.36. The third-order valence-corrected chi connectivity index (χ3v) is 5.00. The van der Waals surface area contributed by atoms with Crippen molar-refractivity contribution in [3.63, 3.8) is 0 Å². The molecule has 0 spiro atoms. The predicted octanol–water partition coefficient (Wildman–Crippen LogP) is 3.61. The Hall–Kier alpha value is -1.75. The van der Waals surface area contributed by atoms with Gasteiger partial charge in [0.05, 0.1) is 6.61 Å². The molecule has 2 rings (SSSR count). The number of amides is 1. The van der Waals surface area contributed by atoms with Crippen LogP contribution in [0, 0.1) is 5.92 Å². The summed E-state index contributed by atoms with van der Waals surface area (Å²) in [6.07, 6.45) is 3.39. The van der Waals surface area contributed by atoms with E-state index in [2.05, 4.69) is 26.1 Å². The number of likely N-dealkylation sites (tertiary alicyclic amines) is 1. The first-order valence-electron chi connectivity index (χ1n) is 9.91. The summed E-state index contributed by atoms with van der Waals surface area (Å²) in [7, 11) is 0. The molecule has 0 aliphatic carbocycles. The van der Waals surface area contributed by atoms with Gasteiger partial charge in [-0.15, -0.1) is 0 Å². The molecule has 146 valence electrons. The first-order valence-corrected chi connectivity index (χ1v) is 9.91. The Kier molecular flexibility index (Phi) is 8.23. The fourth-order valence-corrected chi connectivity index (χ4v) is 2.94. The minimum Gasteiger partial charge on any atom is -0.490 e. The molecule has 1 atom stereocenters. The van der Waals surface area contributed by atoms with Gasteiger partial charge in [-0.3, -0.25) is 4.79 Å². The van der Waals surface area contributed by atoms with Gasteiger partial charge in [-0.1, -0.05) is 19.9 Å². The van der Waals surface area contributed by atoms with Crippen LogP contribution in [-0.4, -0.2) is 43.2 Å². The summed E-state index contributed by atoms with van der Waals surface area (Å²) in [6, 6.07) is 6.39. The molecule has 1 aromatic rings. The Bertz CT molecular complexity index is 568. The molecule has 1 N–H and O–H groups in total. The first kappa shape index (κ1) is 20.6. The predicted molar refractivity (Wildman–Crippen MR) is 105 cm³/mol. The summed E-state index contributed by atoms with van der Waals surface area (Å²) in [5.41, 5.74) is 1.15.